The fraction of sp³-hybridized carbons (Fsp3) is 0.294. The minimum atomic E-state index is -3.74. The standard InChI is InChI=1S/C17H18FN3O4S/c1-10-16(12(3)25-21-10)26(22,23)19-9-8-15-11(2)24-17(20-15)13-6-4-5-7-14(13)18/h4-7,19H,8-9H2,1-3H3. The van der Waals surface area contributed by atoms with E-state index in [0.29, 0.717) is 23.6 Å². The van der Waals surface area contributed by atoms with Gasteiger partial charge in [0.15, 0.2) is 5.76 Å². The van der Waals surface area contributed by atoms with Gasteiger partial charge in [-0.2, -0.15) is 0 Å². The minimum Gasteiger partial charge on any atom is -0.441 e. The number of nitrogens with zero attached hydrogens (tertiary/aromatic N) is 2. The molecule has 0 aliphatic heterocycles. The summed E-state index contributed by atoms with van der Waals surface area (Å²) >= 11 is 0. The van der Waals surface area contributed by atoms with E-state index in [-0.39, 0.29) is 28.7 Å². The summed E-state index contributed by atoms with van der Waals surface area (Å²) in [4.78, 5) is 4.33. The Morgan fingerprint density at radius 3 is 2.54 bits per heavy atom. The zero-order valence-corrected chi connectivity index (χ0v) is 15.4. The predicted octanol–water partition coefficient (Wildman–Crippen LogP) is 2.91. The van der Waals surface area contributed by atoms with Gasteiger partial charge >= 0.3 is 0 Å². The van der Waals surface area contributed by atoms with Crippen LogP contribution in [0, 0.1) is 26.6 Å². The number of aryl methyl sites for hydroxylation is 3. The topological polar surface area (TPSA) is 98.2 Å². The molecule has 1 aromatic carbocycles. The highest BCUT2D eigenvalue weighted by molar-refractivity contribution is 7.89. The Labute approximate surface area is 150 Å². The molecule has 138 valence electrons. The Hall–Kier alpha value is -2.52. The molecule has 2 heterocycles. The van der Waals surface area contributed by atoms with Gasteiger partial charge in [-0.1, -0.05) is 17.3 Å². The average Bonchev–Trinajstić information content (AvgIpc) is 3.10. The van der Waals surface area contributed by atoms with Crippen LogP contribution in [0.25, 0.3) is 11.5 Å². The number of oxazole rings is 1. The monoisotopic (exact) mass is 379 g/mol. The van der Waals surface area contributed by atoms with Crippen molar-refractivity contribution in [2.24, 2.45) is 0 Å². The third kappa shape index (κ3) is 3.54. The lowest BCUT2D eigenvalue weighted by atomic mass is 10.2. The minimum absolute atomic E-state index is 0.0430. The summed E-state index contributed by atoms with van der Waals surface area (Å²) in [7, 11) is -3.74. The highest BCUT2D eigenvalue weighted by atomic mass is 32.2. The first-order valence-corrected chi connectivity index (χ1v) is 9.41. The molecule has 0 bridgehead atoms. The molecule has 0 spiro atoms. The first-order chi connectivity index (χ1) is 12.3. The second kappa shape index (κ2) is 7.00. The molecule has 9 heteroatoms. The molecule has 7 nitrogen and oxygen atoms in total. The van der Waals surface area contributed by atoms with Crippen molar-refractivity contribution in [3.8, 4) is 11.5 Å². The normalized spacial score (nSPS) is 11.8. The molecule has 0 saturated heterocycles. The third-order valence-electron chi connectivity index (χ3n) is 3.89. The number of halogens is 1. The van der Waals surface area contributed by atoms with Gasteiger partial charge in [-0.15, -0.1) is 0 Å². The zero-order chi connectivity index (χ0) is 18.9. The van der Waals surface area contributed by atoms with Gasteiger partial charge in [0.25, 0.3) is 0 Å². The van der Waals surface area contributed by atoms with E-state index in [9.17, 15) is 12.8 Å². The van der Waals surface area contributed by atoms with Crippen molar-refractivity contribution in [2.45, 2.75) is 32.1 Å². The van der Waals surface area contributed by atoms with Gasteiger partial charge in [-0.05, 0) is 32.9 Å². The highest BCUT2D eigenvalue weighted by Crippen LogP contribution is 2.24. The zero-order valence-electron chi connectivity index (χ0n) is 14.5. The van der Waals surface area contributed by atoms with Gasteiger partial charge < -0.3 is 8.94 Å². The van der Waals surface area contributed by atoms with E-state index < -0.39 is 15.8 Å². The summed E-state index contributed by atoms with van der Waals surface area (Å²) in [5, 5.41) is 3.65. The van der Waals surface area contributed by atoms with E-state index >= 15 is 0 Å². The molecule has 3 aromatic rings. The van der Waals surface area contributed by atoms with Crippen molar-refractivity contribution >= 4 is 10.0 Å². The van der Waals surface area contributed by atoms with Gasteiger partial charge in [0.2, 0.25) is 15.9 Å². The van der Waals surface area contributed by atoms with Gasteiger partial charge in [0.1, 0.15) is 22.2 Å². The van der Waals surface area contributed by atoms with Gasteiger partial charge in [-0.3, -0.25) is 0 Å². The number of nitrogens with one attached hydrogen (secondary N) is 1. The molecule has 2 aromatic heterocycles. The Bertz CT molecular complexity index is 1020. The molecule has 1 N–H and O–H groups in total. The van der Waals surface area contributed by atoms with E-state index in [0.717, 1.165) is 0 Å². The number of rotatable bonds is 6. The van der Waals surface area contributed by atoms with Crippen molar-refractivity contribution in [1.82, 2.24) is 14.9 Å². The van der Waals surface area contributed by atoms with Crippen molar-refractivity contribution < 1.29 is 21.7 Å². The van der Waals surface area contributed by atoms with Crippen LogP contribution < -0.4 is 4.72 Å². The Kier molecular flexibility index (Phi) is 4.92. The van der Waals surface area contributed by atoms with Crippen LogP contribution in [0.5, 0.6) is 0 Å². The van der Waals surface area contributed by atoms with Crippen molar-refractivity contribution in [3.05, 3.63) is 53.0 Å². The van der Waals surface area contributed by atoms with Crippen LogP contribution in [0.2, 0.25) is 0 Å². The first-order valence-electron chi connectivity index (χ1n) is 7.93. The molecule has 0 saturated carbocycles. The summed E-state index contributed by atoms with van der Waals surface area (Å²) in [6.45, 7) is 4.91. The van der Waals surface area contributed by atoms with Crippen LogP contribution in [0.15, 0.2) is 38.1 Å². The summed E-state index contributed by atoms with van der Waals surface area (Å²) in [5.41, 5.74) is 1.12. The largest absolute Gasteiger partial charge is 0.441 e. The quantitative estimate of drug-likeness (QED) is 0.707. The number of hydrogen-bond acceptors (Lipinski definition) is 6. The summed E-state index contributed by atoms with van der Waals surface area (Å²) in [5.74, 6) is 0.484. The van der Waals surface area contributed by atoms with Gasteiger partial charge in [0.05, 0.1) is 11.3 Å². The molecule has 0 atom stereocenters. The van der Waals surface area contributed by atoms with Gasteiger partial charge in [-0.25, -0.2) is 22.5 Å². The molecular formula is C17H18FN3O4S. The summed E-state index contributed by atoms with van der Waals surface area (Å²) in [6.07, 6.45) is 0.298. The number of aromatic nitrogens is 2. The lowest BCUT2D eigenvalue weighted by Gasteiger charge is -2.05. The summed E-state index contributed by atoms with van der Waals surface area (Å²) in [6, 6.07) is 6.17. The fourth-order valence-electron chi connectivity index (χ4n) is 2.64. The van der Waals surface area contributed by atoms with E-state index in [4.69, 9.17) is 8.94 Å². The van der Waals surface area contributed by atoms with Crippen molar-refractivity contribution in [3.63, 3.8) is 0 Å². The van der Waals surface area contributed by atoms with Gasteiger partial charge in [0, 0.05) is 13.0 Å². The lowest BCUT2D eigenvalue weighted by molar-refractivity contribution is 0.390. The molecule has 0 radical (unpaired) electrons. The number of benzene rings is 1. The molecular weight excluding hydrogens is 361 g/mol. The molecule has 0 aliphatic carbocycles. The van der Waals surface area contributed by atoms with E-state index in [1.54, 1.807) is 32.0 Å². The molecule has 0 fully saturated rings. The Balaban J connectivity index is 1.72. The molecule has 0 aliphatic rings. The van der Waals surface area contributed by atoms with Crippen LogP contribution in [-0.4, -0.2) is 25.1 Å². The number of hydrogen-bond donors (Lipinski definition) is 1. The molecule has 0 unspecified atom stereocenters. The van der Waals surface area contributed by atoms with Crippen LogP contribution >= 0.6 is 0 Å². The second-order valence-corrected chi connectivity index (χ2v) is 7.51. The maximum absolute atomic E-state index is 13.9. The lowest BCUT2D eigenvalue weighted by Crippen LogP contribution is -2.27. The maximum Gasteiger partial charge on any atom is 0.245 e. The van der Waals surface area contributed by atoms with E-state index in [2.05, 4.69) is 14.9 Å². The average molecular weight is 379 g/mol. The molecule has 26 heavy (non-hydrogen) atoms. The molecule has 3 rings (SSSR count). The second-order valence-electron chi connectivity index (χ2n) is 5.80. The van der Waals surface area contributed by atoms with E-state index in [1.807, 2.05) is 0 Å². The van der Waals surface area contributed by atoms with Crippen molar-refractivity contribution in [2.75, 3.05) is 6.54 Å². The predicted molar refractivity (Wildman–Crippen MR) is 91.5 cm³/mol. The maximum atomic E-state index is 13.9. The SMILES string of the molecule is Cc1noc(C)c1S(=O)(=O)NCCc1nc(-c2ccccc2F)oc1C. The Morgan fingerprint density at radius 1 is 1.15 bits per heavy atom. The van der Waals surface area contributed by atoms with E-state index in [1.165, 1.54) is 13.0 Å². The third-order valence-corrected chi connectivity index (χ3v) is 5.59. The van der Waals surface area contributed by atoms with Crippen LogP contribution in [0.1, 0.15) is 22.9 Å². The first kappa shape index (κ1) is 18.3. The number of sulfonamides is 1. The van der Waals surface area contributed by atoms with Crippen LogP contribution in [-0.2, 0) is 16.4 Å². The molecule has 0 amide bonds. The van der Waals surface area contributed by atoms with Crippen LogP contribution in [0.4, 0.5) is 4.39 Å². The Morgan fingerprint density at radius 2 is 1.88 bits per heavy atom. The van der Waals surface area contributed by atoms with Crippen LogP contribution in [0.3, 0.4) is 0 Å². The highest BCUT2D eigenvalue weighted by Gasteiger charge is 2.24. The smallest absolute Gasteiger partial charge is 0.245 e. The van der Waals surface area contributed by atoms with Crippen molar-refractivity contribution in [1.29, 1.82) is 0 Å². The summed E-state index contributed by atoms with van der Waals surface area (Å²) < 4.78 is 51.5. The fourth-order valence-corrected chi connectivity index (χ4v) is 4.00.